The Morgan fingerprint density at radius 2 is 1.90 bits per heavy atom. The summed E-state index contributed by atoms with van der Waals surface area (Å²) in [6, 6.07) is 11.3. The lowest BCUT2D eigenvalue weighted by Crippen LogP contribution is -2.30. The van der Waals surface area contributed by atoms with Gasteiger partial charge in [-0.2, -0.15) is 5.26 Å². The molecule has 0 saturated heterocycles. The van der Waals surface area contributed by atoms with Crippen molar-refractivity contribution < 1.29 is 4.74 Å². The van der Waals surface area contributed by atoms with Crippen molar-refractivity contribution in [3.05, 3.63) is 58.9 Å². The van der Waals surface area contributed by atoms with E-state index < -0.39 is 0 Å². The van der Waals surface area contributed by atoms with Crippen LogP contribution in [0.25, 0.3) is 0 Å². The number of aromatic nitrogens is 1. The summed E-state index contributed by atoms with van der Waals surface area (Å²) < 4.78 is 6.13. The summed E-state index contributed by atoms with van der Waals surface area (Å²) in [6.07, 6.45) is 1.41. The van der Waals surface area contributed by atoms with E-state index in [9.17, 15) is 0 Å². The number of hydrogen-bond acceptors (Lipinski definition) is 4. The second kappa shape index (κ2) is 6.38. The van der Waals surface area contributed by atoms with Crippen molar-refractivity contribution in [3.8, 4) is 11.8 Å². The van der Waals surface area contributed by atoms with Crippen molar-refractivity contribution in [2.75, 3.05) is 0 Å². The molecule has 0 spiro atoms. The molecule has 21 heavy (non-hydrogen) atoms. The molecule has 1 heterocycles. The summed E-state index contributed by atoms with van der Waals surface area (Å²) in [5.74, 6) is 0.766. The van der Waals surface area contributed by atoms with Crippen LogP contribution in [0.4, 0.5) is 0 Å². The van der Waals surface area contributed by atoms with E-state index in [1.54, 1.807) is 6.20 Å². The Morgan fingerprint density at radius 1 is 1.24 bits per heavy atom. The molecular weight excluding hydrogens is 262 g/mol. The molecule has 2 atom stereocenters. The van der Waals surface area contributed by atoms with Gasteiger partial charge in [0.2, 0.25) is 0 Å². The van der Waals surface area contributed by atoms with Crippen molar-refractivity contribution in [1.29, 1.82) is 5.26 Å². The van der Waals surface area contributed by atoms with Gasteiger partial charge in [-0.25, -0.2) is 0 Å². The normalized spacial score (nSPS) is 13.3. The van der Waals surface area contributed by atoms with Crippen molar-refractivity contribution in [1.82, 2.24) is 4.98 Å². The summed E-state index contributed by atoms with van der Waals surface area (Å²) in [5, 5.41) is 9.00. The van der Waals surface area contributed by atoms with Gasteiger partial charge in [0.05, 0.1) is 17.3 Å². The molecular formula is C17H19N3O. The summed E-state index contributed by atoms with van der Waals surface area (Å²) in [6.45, 7) is 5.76. The number of hydrogen-bond donors (Lipinski definition) is 1. The molecule has 108 valence electrons. The Balaban J connectivity index is 2.37. The monoisotopic (exact) mass is 281 g/mol. The molecule has 2 rings (SSSR count). The fourth-order valence-electron chi connectivity index (χ4n) is 2.31. The number of pyridine rings is 1. The second-order valence-corrected chi connectivity index (χ2v) is 5.20. The van der Waals surface area contributed by atoms with Gasteiger partial charge in [0.15, 0.2) is 6.10 Å². The molecule has 0 fully saturated rings. The van der Waals surface area contributed by atoms with E-state index in [1.165, 1.54) is 0 Å². The minimum Gasteiger partial charge on any atom is -0.482 e. The fourth-order valence-corrected chi connectivity index (χ4v) is 2.31. The molecule has 0 amide bonds. The highest BCUT2D eigenvalue weighted by Gasteiger charge is 2.21. The Morgan fingerprint density at radius 3 is 2.38 bits per heavy atom. The zero-order valence-electron chi connectivity index (χ0n) is 12.5. The van der Waals surface area contributed by atoms with Crippen molar-refractivity contribution in [2.45, 2.75) is 32.9 Å². The quantitative estimate of drug-likeness (QED) is 0.935. The van der Waals surface area contributed by atoms with Crippen molar-refractivity contribution in [2.24, 2.45) is 5.73 Å². The van der Waals surface area contributed by atoms with Crippen LogP contribution < -0.4 is 10.5 Å². The van der Waals surface area contributed by atoms with E-state index >= 15 is 0 Å². The number of nitrogens with zero attached hydrogens (tertiary/aromatic N) is 2. The van der Waals surface area contributed by atoms with Crippen LogP contribution in [0.15, 0.2) is 36.5 Å². The zero-order valence-corrected chi connectivity index (χ0v) is 12.5. The third-order valence-electron chi connectivity index (χ3n) is 3.29. The van der Waals surface area contributed by atoms with Gasteiger partial charge in [-0.15, -0.1) is 0 Å². The standard InChI is InChI=1S/C17H19N3O/c1-11-8-14(10-18)9-12(2)16(11)21-17(13(3)19)15-6-4-5-7-20-15/h4-9,13,17H,19H2,1-3H3. The van der Waals surface area contributed by atoms with E-state index in [0.717, 1.165) is 22.6 Å². The highest BCUT2D eigenvalue weighted by atomic mass is 16.5. The first kappa shape index (κ1) is 15.0. The van der Waals surface area contributed by atoms with Crippen molar-refractivity contribution >= 4 is 0 Å². The first-order chi connectivity index (χ1) is 10.0. The second-order valence-electron chi connectivity index (χ2n) is 5.20. The molecule has 2 aromatic rings. The average Bonchev–Trinajstić information content (AvgIpc) is 2.46. The molecule has 0 aliphatic rings. The van der Waals surface area contributed by atoms with Gasteiger partial charge in [0.25, 0.3) is 0 Å². The molecule has 0 aliphatic carbocycles. The van der Waals surface area contributed by atoms with Crippen LogP contribution in [0.5, 0.6) is 5.75 Å². The SMILES string of the molecule is Cc1cc(C#N)cc(C)c1OC(c1ccccn1)C(C)N. The Kier molecular flexibility index (Phi) is 4.56. The van der Waals surface area contributed by atoms with Crippen molar-refractivity contribution in [3.63, 3.8) is 0 Å². The topological polar surface area (TPSA) is 71.9 Å². The zero-order chi connectivity index (χ0) is 15.4. The minimum absolute atomic E-state index is 0.200. The Bertz CT molecular complexity index is 636. The summed E-state index contributed by atoms with van der Waals surface area (Å²) in [5.41, 5.74) is 9.34. The molecule has 0 bridgehead atoms. The lowest BCUT2D eigenvalue weighted by molar-refractivity contribution is 0.173. The van der Waals surface area contributed by atoms with Crippen LogP contribution in [0.3, 0.4) is 0 Å². The molecule has 0 radical (unpaired) electrons. The summed E-state index contributed by atoms with van der Waals surface area (Å²) >= 11 is 0. The molecule has 4 nitrogen and oxygen atoms in total. The molecule has 0 saturated carbocycles. The van der Waals surface area contributed by atoms with Crippen LogP contribution in [-0.4, -0.2) is 11.0 Å². The van der Waals surface area contributed by atoms with E-state index in [4.69, 9.17) is 15.7 Å². The third kappa shape index (κ3) is 3.39. The average molecular weight is 281 g/mol. The number of rotatable bonds is 4. The van der Waals surface area contributed by atoms with Crippen LogP contribution in [0.1, 0.15) is 35.4 Å². The van der Waals surface area contributed by atoms with Gasteiger partial charge >= 0.3 is 0 Å². The summed E-state index contributed by atoms with van der Waals surface area (Å²) in [4.78, 5) is 4.33. The Hall–Kier alpha value is -2.38. The van der Waals surface area contributed by atoms with Gasteiger partial charge in [0.1, 0.15) is 5.75 Å². The largest absolute Gasteiger partial charge is 0.482 e. The molecule has 2 N–H and O–H groups in total. The molecule has 1 aromatic heterocycles. The third-order valence-corrected chi connectivity index (χ3v) is 3.29. The van der Waals surface area contributed by atoms with Gasteiger partial charge < -0.3 is 10.5 Å². The van der Waals surface area contributed by atoms with Crippen LogP contribution in [-0.2, 0) is 0 Å². The number of ether oxygens (including phenoxy) is 1. The van der Waals surface area contributed by atoms with Crippen LogP contribution in [0, 0.1) is 25.2 Å². The number of nitriles is 1. The van der Waals surface area contributed by atoms with E-state index in [-0.39, 0.29) is 12.1 Å². The lowest BCUT2D eigenvalue weighted by atomic mass is 10.0. The van der Waals surface area contributed by atoms with Gasteiger partial charge in [-0.3, -0.25) is 4.98 Å². The maximum Gasteiger partial charge on any atom is 0.155 e. The predicted molar refractivity (Wildman–Crippen MR) is 81.9 cm³/mol. The minimum atomic E-state index is -0.323. The fraction of sp³-hybridized carbons (Fsp3) is 0.294. The predicted octanol–water partition coefficient (Wildman–Crippen LogP) is 3.04. The van der Waals surface area contributed by atoms with E-state index in [0.29, 0.717) is 5.56 Å². The lowest BCUT2D eigenvalue weighted by Gasteiger charge is -2.24. The van der Waals surface area contributed by atoms with Gasteiger partial charge in [0, 0.05) is 12.2 Å². The first-order valence-electron chi connectivity index (χ1n) is 6.87. The van der Waals surface area contributed by atoms with Gasteiger partial charge in [-0.1, -0.05) is 6.07 Å². The highest BCUT2D eigenvalue weighted by molar-refractivity contribution is 5.47. The maximum atomic E-state index is 9.00. The van der Waals surface area contributed by atoms with Gasteiger partial charge in [-0.05, 0) is 56.2 Å². The molecule has 0 aliphatic heterocycles. The Labute approximate surface area is 125 Å². The van der Waals surface area contributed by atoms with Crippen LogP contribution >= 0.6 is 0 Å². The summed E-state index contributed by atoms with van der Waals surface area (Å²) in [7, 11) is 0. The molecule has 2 unspecified atom stereocenters. The maximum absolute atomic E-state index is 9.00. The van der Waals surface area contributed by atoms with Crippen LogP contribution in [0.2, 0.25) is 0 Å². The molecule has 1 aromatic carbocycles. The first-order valence-corrected chi connectivity index (χ1v) is 6.87. The molecule has 4 heteroatoms. The highest BCUT2D eigenvalue weighted by Crippen LogP contribution is 2.30. The number of nitrogens with two attached hydrogens (primary N) is 1. The number of aryl methyl sites for hydroxylation is 2. The number of benzene rings is 1. The van der Waals surface area contributed by atoms with E-state index in [2.05, 4.69) is 11.1 Å². The smallest absolute Gasteiger partial charge is 0.155 e. The van der Waals surface area contributed by atoms with E-state index in [1.807, 2.05) is 51.1 Å².